The SMILES string of the molecule is CCCCn1c(O)c(C2=NNC(c3cc(OC)ccc3OC)C2)c(=O)[nH]c1=O. The molecular weight excluding hydrogens is 364 g/mol. The molecule has 1 aliphatic rings. The highest BCUT2D eigenvalue weighted by Gasteiger charge is 2.29. The van der Waals surface area contributed by atoms with E-state index in [-0.39, 0.29) is 17.5 Å². The number of hydrazone groups is 1. The highest BCUT2D eigenvalue weighted by molar-refractivity contribution is 6.03. The molecule has 9 nitrogen and oxygen atoms in total. The summed E-state index contributed by atoms with van der Waals surface area (Å²) in [6, 6.07) is 5.15. The first-order valence-electron chi connectivity index (χ1n) is 9.10. The van der Waals surface area contributed by atoms with Crippen LogP contribution < -0.4 is 26.1 Å². The quantitative estimate of drug-likeness (QED) is 0.662. The number of nitrogens with one attached hydrogen (secondary N) is 2. The van der Waals surface area contributed by atoms with Gasteiger partial charge in [-0.2, -0.15) is 5.10 Å². The van der Waals surface area contributed by atoms with Crippen molar-refractivity contribution in [2.24, 2.45) is 5.10 Å². The van der Waals surface area contributed by atoms with Gasteiger partial charge in [0.05, 0.1) is 26.0 Å². The fourth-order valence-electron chi connectivity index (χ4n) is 3.23. The van der Waals surface area contributed by atoms with Crippen molar-refractivity contribution in [3.8, 4) is 17.4 Å². The minimum absolute atomic E-state index is 0.00701. The molecule has 0 bridgehead atoms. The zero-order valence-electron chi connectivity index (χ0n) is 16.1. The van der Waals surface area contributed by atoms with Gasteiger partial charge in [-0.3, -0.25) is 14.3 Å². The largest absolute Gasteiger partial charge is 0.497 e. The summed E-state index contributed by atoms with van der Waals surface area (Å²) in [5.41, 5.74) is 2.89. The molecule has 0 amide bonds. The van der Waals surface area contributed by atoms with E-state index in [2.05, 4.69) is 15.5 Å². The maximum atomic E-state index is 12.4. The average Bonchev–Trinajstić information content (AvgIpc) is 3.16. The maximum absolute atomic E-state index is 12.4. The van der Waals surface area contributed by atoms with Crippen LogP contribution in [-0.4, -0.2) is 34.6 Å². The minimum Gasteiger partial charge on any atom is -0.497 e. The lowest BCUT2D eigenvalue weighted by molar-refractivity contribution is 0.392. The molecule has 0 radical (unpaired) electrons. The van der Waals surface area contributed by atoms with E-state index in [0.29, 0.717) is 36.6 Å². The lowest BCUT2D eigenvalue weighted by atomic mass is 9.99. The Kier molecular flexibility index (Phi) is 5.72. The zero-order chi connectivity index (χ0) is 20.3. The van der Waals surface area contributed by atoms with Crippen LogP contribution in [0.1, 0.15) is 43.4 Å². The van der Waals surface area contributed by atoms with E-state index in [1.807, 2.05) is 13.0 Å². The van der Waals surface area contributed by atoms with Gasteiger partial charge in [-0.05, 0) is 24.6 Å². The average molecular weight is 388 g/mol. The van der Waals surface area contributed by atoms with Gasteiger partial charge in [0.2, 0.25) is 5.88 Å². The third-order valence-corrected chi connectivity index (χ3v) is 4.76. The van der Waals surface area contributed by atoms with Gasteiger partial charge < -0.3 is 20.0 Å². The summed E-state index contributed by atoms with van der Waals surface area (Å²) in [5, 5.41) is 14.8. The molecule has 150 valence electrons. The minimum atomic E-state index is -0.658. The third kappa shape index (κ3) is 3.60. The Hall–Kier alpha value is -3.23. The molecule has 0 fully saturated rings. The van der Waals surface area contributed by atoms with Crippen LogP contribution in [-0.2, 0) is 6.54 Å². The molecule has 1 aromatic heterocycles. The molecule has 3 rings (SSSR count). The molecule has 0 saturated carbocycles. The second kappa shape index (κ2) is 8.20. The number of benzene rings is 1. The number of hydrogen-bond acceptors (Lipinski definition) is 7. The number of rotatable bonds is 7. The van der Waals surface area contributed by atoms with Crippen LogP contribution in [0.15, 0.2) is 32.9 Å². The second-order valence-corrected chi connectivity index (χ2v) is 6.52. The molecule has 0 saturated heterocycles. The number of H-pyrrole nitrogens is 1. The van der Waals surface area contributed by atoms with Crippen molar-refractivity contribution in [1.29, 1.82) is 0 Å². The van der Waals surface area contributed by atoms with Crippen molar-refractivity contribution in [2.45, 2.75) is 38.8 Å². The molecule has 9 heteroatoms. The first-order chi connectivity index (χ1) is 13.5. The van der Waals surface area contributed by atoms with Crippen molar-refractivity contribution in [2.75, 3.05) is 14.2 Å². The van der Waals surface area contributed by atoms with Crippen LogP contribution in [0.4, 0.5) is 0 Å². The van der Waals surface area contributed by atoms with E-state index in [1.165, 1.54) is 4.57 Å². The van der Waals surface area contributed by atoms with Gasteiger partial charge in [0.15, 0.2) is 0 Å². The molecule has 1 unspecified atom stereocenters. The number of methoxy groups -OCH3 is 2. The molecule has 2 heterocycles. The van der Waals surface area contributed by atoms with Crippen molar-refractivity contribution in [1.82, 2.24) is 15.0 Å². The number of unbranched alkanes of at least 4 members (excludes halogenated alkanes) is 1. The summed E-state index contributed by atoms with van der Waals surface area (Å²) in [6.45, 7) is 2.30. The molecule has 1 aromatic carbocycles. The molecule has 0 aliphatic carbocycles. The number of aromatic amines is 1. The van der Waals surface area contributed by atoms with Crippen LogP contribution in [0, 0.1) is 0 Å². The van der Waals surface area contributed by atoms with Crippen molar-refractivity contribution in [3.05, 3.63) is 50.2 Å². The summed E-state index contributed by atoms with van der Waals surface area (Å²) in [6.07, 6.45) is 1.89. The fraction of sp³-hybridized carbons (Fsp3) is 0.421. The highest BCUT2D eigenvalue weighted by atomic mass is 16.5. The highest BCUT2D eigenvalue weighted by Crippen LogP contribution is 2.34. The standard InChI is InChI=1S/C19H24N4O5/c1-4-5-8-23-18(25)16(17(24)20-19(23)26)14-10-13(21-22-14)12-9-11(27-2)6-7-15(12)28-3/h6-7,9,13,21,25H,4-5,8,10H2,1-3H3,(H,20,24,26). The zero-order valence-corrected chi connectivity index (χ0v) is 16.1. The lowest BCUT2D eigenvalue weighted by Gasteiger charge is -2.16. The van der Waals surface area contributed by atoms with E-state index in [9.17, 15) is 14.7 Å². The molecule has 1 aliphatic heterocycles. The second-order valence-electron chi connectivity index (χ2n) is 6.52. The number of aromatic hydroxyl groups is 1. The molecule has 3 N–H and O–H groups in total. The van der Waals surface area contributed by atoms with E-state index in [1.54, 1.807) is 26.4 Å². The Labute approximate surface area is 161 Å². The van der Waals surface area contributed by atoms with Crippen molar-refractivity contribution >= 4 is 5.71 Å². The van der Waals surface area contributed by atoms with E-state index in [4.69, 9.17) is 9.47 Å². The Bertz CT molecular complexity index is 1010. The van der Waals surface area contributed by atoms with Crippen LogP contribution in [0.25, 0.3) is 0 Å². The van der Waals surface area contributed by atoms with Gasteiger partial charge in [-0.15, -0.1) is 0 Å². The van der Waals surface area contributed by atoms with Crippen molar-refractivity contribution < 1.29 is 14.6 Å². The van der Waals surface area contributed by atoms with Gasteiger partial charge >= 0.3 is 5.69 Å². The molecule has 0 spiro atoms. The Morgan fingerprint density at radius 2 is 2.07 bits per heavy atom. The first kappa shape index (κ1) is 19.5. The summed E-state index contributed by atoms with van der Waals surface area (Å²) < 4.78 is 11.9. The predicted octanol–water partition coefficient (Wildman–Crippen LogP) is 1.50. The Balaban J connectivity index is 1.95. The smallest absolute Gasteiger partial charge is 0.331 e. The van der Waals surface area contributed by atoms with Gasteiger partial charge in [0, 0.05) is 18.5 Å². The van der Waals surface area contributed by atoms with E-state index >= 15 is 0 Å². The third-order valence-electron chi connectivity index (χ3n) is 4.76. The summed E-state index contributed by atoms with van der Waals surface area (Å²) >= 11 is 0. The molecule has 2 aromatic rings. The number of ether oxygens (including phenoxy) is 2. The molecule has 1 atom stereocenters. The van der Waals surface area contributed by atoms with Gasteiger partial charge in [-0.1, -0.05) is 13.3 Å². The van der Waals surface area contributed by atoms with Crippen molar-refractivity contribution in [3.63, 3.8) is 0 Å². The summed E-state index contributed by atoms with van der Waals surface area (Å²) in [7, 11) is 3.15. The fourth-order valence-corrected chi connectivity index (χ4v) is 3.23. The molecule has 28 heavy (non-hydrogen) atoms. The van der Waals surface area contributed by atoms with Crippen LogP contribution >= 0.6 is 0 Å². The lowest BCUT2D eigenvalue weighted by Crippen LogP contribution is -2.33. The Morgan fingerprint density at radius 3 is 2.75 bits per heavy atom. The normalized spacial score (nSPS) is 15.8. The Morgan fingerprint density at radius 1 is 1.29 bits per heavy atom. The molecular formula is C19H24N4O5. The van der Waals surface area contributed by atoms with Crippen LogP contribution in [0.5, 0.6) is 17.4 Å². The van der Waals surface area contributed by atoms with Gasteiger partial charge in [0.1, 0.15) is 17.1 Å². The number of nitrogens with zero attached hydrogens (tertiary/aromatic N) is 2. The number of hydrogen-bond donors (Lipinski definition) is 3. The van der Waals surface area contributed by atoms with E-state index in [0.717, 1.165) is 12.0 Å². The predicted molar refractivity (Wildman–Crippen MR) is 104 cm³/mol. The monoisotopic (exact) mass is 388 g/mol. The summed E-state index contributed by atoms with van der Waals surface area (Å²) in [4.78, 5) is 26.7. The van der Waals surface area contributed by atoms with Gasteiger partial charge in [0.25, 0.3) is 5.56 Å². The number of aromatic nitrogens is 2. The first-order valence-corrected chi connectivity index (χ1v) is 9.10. The van der Waals surface area contributed by atoms with Gasteiger partial charge in [-0.25, -0.2) is 4.79 Å². The van der Waals surface area contributed by atoms with Crippen LogP contribution in [0.2, 0.25) is 0 Å². The maximum Gasteiger partial charge on any atom is 0.331 e. The topological polar surface area (TPSA) is 118 Å². The van der Waals surface area contributed by atoms with E-state index < -0.39 is 11.2 Å². The van der Waals surface area contributed by atoms with Crippen LogP contribution in [0.3, 0.4) is 0 Å². The summed E-state index contributed by atoms with van der Waals surface area (Å²) in [5.74, 6) is 0.960.